The summed E-state index contributed by atoms with van der Waals surface area (Å²) >= 11 is 3.46. The maximum absolute atomic E-state index is 12.9. The lowest BCUT2D eigenvalue weighted by molar-refractivity contribution is -0.131. The van der Waals surface area contributed by atoms with E-state index in [4.69, 9.17) is 0 Å². The minimum Gasteiger partial charge on any atom is -0.319 e. The first-order valence-electron chi connectivity index (χ1n) is 7.36. The number of nitrogens with one attached hydrogen (secondary N) is 1. The van der Waals surface area contributed by atoms with Gasteiger partial charge in [-0.1, -0.05) is 64.0 Å². The molecule has 3 amide bonds. The van der Waals surface area contributed by atoms with Crippen molar-refractivity contribution in [2.24, 2.45) is 0 Å². The molecule has 1 N–H and O–H groups in total. The van der Waals surface area contributed by atoms with Crippen LogP contribution in [0, 0.1) is 6.92 Å². The van der Waals surface area contributed by atoms with E-state index >= 15 is 0 Å². The topological polar surface area (TPSA) is 49.4 Å². The van der Waals surface area contributed by atoms with Gasteiger partial charge in [0.05, 0.1) is 6.54 Å². The van der Waals surface area contributed by atoms with Gasteiger partial charge in [0.25, 0.3) is 5.91 Å². The van der Waals surface area contributed by atoms with Gasteiger partial charge in [-0.3, -0.25) is 9.69 Å². The Morgan fingerprint density at radius 3 is 2.57 bits per heavy atom. The van der Waals surface area contributed by atoms with Gasteiger partial charge in [0.1, 0.15) is 5.54 Å². The predicted octanol–water partition coefficient (Wildman–Crippen LogP) is 3.72. The summed E-state index contributed by atoms with van der Waals surface area (Å²) < 4.78 is 0.800. The molecule has 2 aromatic carbocycles. The molecular weight excluding hydrogens is 356 g/mol. The number of benzene rings is 2. The monoisotopic (exact) mass is 372 g/mol. The van der Waals surface area contributed by atoms with Gasteiger partial charge >= 0.3 is 6.03 Å². The first-order valence-corrected chi connectivity index (χ1v) is 8.16. The number of aryl methyl sites for hydroxylation is 1. The molecule has 4 nitrogen and oxygen atoms in total. The first-order chi connectivity index (χ1) is 10.9. The fourth-order valence-corrected chi connectivity index (χ4v) is 3.56. The number of hydrogen-bond acceptors (Lipinski definition) is 2. The number of amides is 3. The highest BCUT2D eigenvalue weighted by atomic mass is 79.9. The van der Waals surface area contributed by atoms with Gasteiger partial charge in [-0.05, 0) is 25.5 Å². The summed E-state index contributed by atoms with van der Waals surface area (Å²) in [7, 11) is 0. The zero-order chi connectivity index (χ0) is 16.6. The predicted molar refractivity (Wildman–Crippen MR) is 91.8 cm³/mol. The number of rotatable bonds is 3. The van der Waals surface area contributed by atoms with Crippen LogP contribution < -0.4 is 5.32 Å². The van der Waals surface area contributed by atoms with E-state index in [-0.39, 0.29) is 18.5 Å². The van der Waals surface area contributed by atoms with Crippen LogP contribution in [-0.4, -0.2) is 16.8 Å². The summed E-state index contributed by atoms with van der Waals surface area (Å²) in [5, 5.41) is 2.83. The van der Waals surface area contributed by atoms with E-state index in [1.165, 1.54) is 4.90 Å². The van der Waals surface area contributed by atoms with Crippen molar-refractivity contribution in [1.29, 1.82) is 0 Å². The maximum atomic E-state index is 12.9. The molecule has 2 aromatic rings. The quantitative estimate of drug-likeness (QED) is 0.834. The number of hydrogen-bond donors (Lipinski definition) is 1. The fraction of sp³-hybridized carbons (Fsp3) is 0.222. The summed E-state index contributed by atoms with van der Waals surface area (Å²) in [5.41, 5.74) is 1.74. The molecule has 0 bridgehead atoms. The van der Waals surface area contributed by atoms with Gasteiger partial charge in [-0.15, -0.1) is 0 Å². The number of halogens is 1. The first kappa shape index (κ1) is 15.7. The normalized spacial score (nSPS) is 20.7. The van der Waals surface area contributed by atoms with E-state index in [9.17, 15) is 9.59 Å². The molecule has 1 saturated heterocycles. The van der Waals surface area contributed by atoms with Gasteiger partial charge in [-0.25, -0.2) is 4.79 Å². The Kier molecular flexibility index (Phi) is 3.98. The number of imide groups is 1. The highest BCUT2D eigenvalue weighted by Crippen LogP contribution is 2.34. The molecule has 0 aromatic heterocycles. The number of nitrogens with zero attached hydrogens (tertiary/aromatic N) is 1. The van der Waals surface area contributed by atoms with E-state index in [1.54, 1.807) is 6.92 Å². The van der Waals surface area contributed by atoms with Crippen molar-refractivity contribution in [2.75, 3.05) is 0 Å². The SMILES string of the molecule is Cc1cccc(CN2C(=O)NC(C)(c3ccccc3Br)C2=O)c1. The van der Waals surface area contributed by atoms with Crippen molar-refractivity contribution in [3.05, 3.63) is 69.7 Å². The van der Waals surface area contributed by atoms with Crippen LogP contribution in [-0.2, 0) is 16.9 Å². The Morgan fingerprint density at radius 1 is 1.13 bits per heavy atom. The molecule has 3 rings (SSSR count). The van der Waals surface area contributed by atoms with Crippen molar-refractivity contribution >= 4 is 27.9 Å². The molecule has 1 fully saturated rings. The molecule has 0 spiro atoms. The summed E-state index contributed by atoms with van der Waals surface area (Å²) in [6.07, 6.45) is 0. The third kappa shape index (κ3) is 2.77. The minimum absolute atomic E-state index is 0.240. The Balaban J connectivity index is 1.92. The molecule has 1 atom stereocenters. The molecule has 0 radical (unpaired) electrons. The van der Waals surface area contributed by atoms with E-state index in [1.807, 2.05) is 55.5 Å². The summed E-state index contributed by atoms with van der Waals surface area (Å²) in [6.45, 7) is 4.00. The fourth-order valence-electron chi connectivity index (χ4n) is 2.88. The largest absolute Gasteiger partial charge is 0.325 e. The lowest BCUT2D eigenvalue weighted by atomic mass is 9.92. The summed E-state index contributed by atoms with van der Waals surface area (Å²) in [5.74, 6) is -0.240. The summed E-state index contributed by atoms with van der Waals surface area (Å²) in [6, 6.07) is 14.9. The summed E-state index contributed by atoms with van der Waals surface area (Å²) in [4.78, 5) is 26.5. The Hall–Kier alpha value is -2.14. The molecule has 1 aliphatic rings. The molecule has 1 unspecified atom stereocenters. The van der Waals surface area contributed by atoms with E-state index in [2.05, 4.69) is 21.2 Å². The van der Waals surface area contributed by atoms with Crippen LogP contribution in [0.15, 0.2) is 53.0 Å². The average Bonchev–Trinajstić information content (AvgIpc) is 2.72. The highest BCUT2D eigenvalue weighted by molar-refractivity contribution is 9.10. The van der Waals surface area contributed by atoms with Gasteiger partial charge in [0, 0.05) is 10.0 Å². The van der Waals surface area contributed by atoms with Crippen molar-refractivity contribution in [3.63, 3.8) is 0 Å². The molecule has 118 valence electrons. The molecule has 5 heteroatoms. The van der Waals surface area contributed by atoms with Gasteiger partial charge < -0.3 is 5.32 Å². The Bertz CT molecular complexity index is 790. The second-order valence-electron chi connectivity index (χ2n) is 5.92. The van der Waals surface area contributed by atoms with Gasteiger partial charge in [0.2, 0.25) is 0 Å². The number of carbonyl (C=O) groups excluding carboxylic acids is 2. The Labute approximate surface area is 143 Å². The van der Waals surface area contributed by atoms with Crippen molar-refractivity contribution in [2.45, 2.75) is 25.9 Å². The van der Waals surface area contributed by atoms with Crippen molar-refractivity contribution in [1.82, 2.24) is 10.2 Å². The third-order valence-electron chi connectivity index (χ3n) is 4.11. The molecule has 1 heterocycles. The second kappa shape index (κ2) is 5.81. The maximum Gasteiger partial charge on any atom is 0.325 e. The van der Waals surface area contributed by atoms with E-state index in [0.717, 1.165) is 21.2 Å². The molecule has 0 saturated carbocycles. The van der Waals surface area contributed by atoms with Gasteiger partial charge in [0.15, 0.2) is 0 Å². The van der Waals surface area contributed by atoms with Crippen LogP contribution in [0.3, 0.4) is 0 Å². The zero-order valence-electron chi connectivity index (χ0n) is 13.0. The lowest BCUT2D eigenvalue weighted by Crippen LogP contribution is -2.41. The Morgan fingerprint density at radius 2 is 1.87 bits per heavy atom. The molecule has 23 heavy (non-hydrogen) atoms. The van der Waals surface area contributed by atoms with Crippen LogP contribution in [0.4, 0.5) is 4.79 Å². The van der Waals surface area contributed by atoms with Crippen molar-refractivity contribution < 1.29 is 9.59 Å². The third-order valence-corrected chi connectivity index (χ3v) is 4.80. The number of urea groups is 1. The van der Waals surface area contributed by atoms with Crippen LogP contribution in [0.2, 0.25) is 0 Å². The standard InChI is InChI=1S/C18H17BrN2O2/c1-12-6-5-7-13(10-12)11-21-16(22)18(2,20-17(21)23)14-8-3-4-9-15(14)19/h3-10H,11H2,1-2H3,(H,20,23). The van der Waals surface area contributed by atoms with E-state index < -0.39 is 5.54 Å². The van der Waals surface area contributed by atoms with Crippen LogP contribution in [0.5, 0.6) is 0 Å². The van der Waals surface area contributed by atoms with E-state index in [0.29, 0.717) is 0 Å². The van der Waals surface area contributed by atoms with Crippen LogP contribution in [0.25, 0.3) is 0 Å². The number of carbonyl (C=O) groups is 2. The average molecular weight is 373 g/mol. The smallest absolute Gasteiger partial charge is 0.319 e. The minimum atomic E-state index is -1.05. The zero-order valence-corrected chi connectivity index (χ0v) is 14.6. The molecular formula is C18H17BrN2O2. The lowest BCUT2D eigenvalue weighted by Gasteiger charge is -2.23. The van der Waals surface area contributed by atoms with Crippen LogP contribution in [0.1, 0.15) is 23.6 Å². The molecule has 0 aliphatic carbocycles. The van der Waals surface area contributed by atoms with Gasteiger partial charge in [-0.2, -0.15) is 0 Å². The van der Waals surface area contributed by atoms with Crippen LogP contribution >= 0.6 is 15.9 Å². The second-order valence-corrected chi connectivity index (χ2v) is 6.77. The van der Waals surface area contributed by atoms with Crippen molar-refractivity contribution in [3.8, 4) is 0 Å². The molecule has 1 aliphatic heterocycles. The highest BCUT2D eigenvalue weighted by Gasteiger charge is 2.49.